The van der Waals surface area contributed by atoms with E-state index in [1.54, 1.807) is 7.11 Å². The number of hydrogen-bond acceptors (Lipinski definition) is 6. The molecule has 9 heteroatoms. The summed E-state index contributed by atoms with van der Waals surface area (Å²) in [4.78, 5) is 24.0. The Labute approximate surface area is 161 Å². The Hall–Kier alpha value is -2.03. The second-order valence-electron chi connectivity index (χ2n) is 8.85. The zero-order valence-electron chi connectivity index (χ0n) is 16.0. The number of hydrogen-bond donors (Lipinski definition) is 1. The molecular weight excluding hydrogens is 370 g/mol. The second-order valence-corrected chi connectivity index (χ2v) is 8.85. The normalized spacial score (nSPS) is 29.9. The van der Waals surface area contributed by atoms with Crippen LogP contribution in [0.15, 0.2) is 0 Å². The standard InChI is InChI=1S/C19H24F2N4O3/c1-10-13(28-2)7-25(10)17-22-14-12(3-4-19(14,20)21)15(23-17)24-8-18(9-24)5-11(6-18)16(26)27/h10-11,13H,3-9H2,1-2H3,(H,26,27)/t10-,13+/m0/s1. The maximum absolute atomic E-state index is 14.5. The van der Waals surface area contributed by atoms with E-state index in [9.17, 15) is 13.6 Å². The first-order valence-corrected chi connectivity index (χ1v) is 9.79. The number of aliphatic carboxylic acids is 1. The van der Waals surface area contributed by atoms with E-state index in [1.807, 2.05) is 16.7 Å². The molecule has 1 spiro atoms. The third-order valence-electron chi connectivity index (χ3n) is 7.03. The summed E-state index contributed by atoms with van der Waals surface area (Å²) in [5, 5.41) is 9.12. The lowest BCUT2D eigenvalue weighted by Crippen LogP contribution is -2.64. The molecule has 1 aromatic rings. The lowest BCUT2D eigenvalue weighted by Gasteiger charge is -2.58. The minimum absolute atomic E-state index is 0.00731. The zero-order valence-corrected chi connectivity index (χ0v) is 16.0. The molecule has 0 amide bonds. The lowest BCUT2D eigenvalue weighted by atomic mass is 9.57. The number of fused-ring (bicyclic) bond motifs is 1. The highest BCUT2D eigenvalue weighted by Crippen LogP contribution is 2.54. The smallest absolute Gasteiger partial charge is 0.306 e. The van der Waals surface area contributed by atoms with Crippen LogP contribution >= 0.6 is 0 Å². The number of methoxy groups -OCH3 is 1. The van der Waals surface area contributed by atoms with Gasteiger partial charge < -0.3 is 19.6 Å². The molecule has 1 saturated carbocycles. The van der Waals surface area contributed by atoms with Crippen LogP contribution in [0, 0.1) is 11.3 Å². The van der Waals surface area contributed by atoms with Crippen LogP contribution in [-0.2, 0) is 21.9 Å². The first-order chi connectivity index (χ1) is 13.2. The molecule has 3 heterocycles. The van der Waals surface area contributed by atoms with Crippen LogP contribution < -0.4 is 9.80 Å². The Kier molecular flexibility index (Phi) is 3.70. The van der Waals surface area contributed by atoms with E-state index in [4.69, 9.17) is 9.84 Å². The molecule has 28 heavy (non-hydrogen) atoms. The summed E-state index contributed by atoms with van der Waals surface area (Å²) in [7, 11) is 1.64. The van der Waals surface area contributed by atoms with Gasteiger partial charge in [0.25, 0.3) is 5.92 Å². The van der Waals surface area contributed by atoms with Gasteiger partial charge in [-0.05, 0) is 26.2 Å². The van der Waals surface area contributed by atoms with E-state index in [-0.39, 0.29) is 42.0 Å². The topological polar surface area (TPSA) is 78.8 Å². The van der Waals surface area contributed by atoms with Crippen molar-refractivity contribution < 1.29 is 23.4 Å². The van der Waals surface area contributed by atoms with Crippen molar-refractivity contribution in [3.8, 4) is 0 Å². The summed E-state index contributed by atoms with van der Waals surface area (Å²) in [6.07, 6.45) is 1.41. The van der Waals surface area contributed by atoms with Gasteiger partial charge in [0.05, 0.1) is 18.1 Å². The van der Waals surface area contributed by atoms with E-state index in [0.717, 1.165) is 0 Å². The fraction of sp³-hybridized carbons (Fsp3) is 0.737. The summed E-state index contributed by atoms with van der Waals surface area (Å²) in [5.41, 5.74) is 0.417. The number of carboxylic acids is 1. The van der Waals surface area contributed by atoms with Crippen LogP contribution in [-0.4, -0.2) is 59.9 Å². The molecule has 2 saturated heterocycles. The summed E-state index contributed by atoms with van der Waals surface area (Å²) in [6, 6.07) is 0.0385. The number of rotatable bonds is 4. The van der Waals surface area contributed by atoms with E-state index >= 15 is 0 Å². The van der Waals surface area contributed by atoms with Gasteiger partial charge in [-0.3, -0.25) is 4.79 Å². The summed E-state index contributed by atoms with van der Waals surface area (Å²) >= 11 is 0. The average Bonchev–Trinajstić information content (AvgIpc) is 2.86. The fourth-order valence-electron chi connectivity index (χ4n) is 5.23. The fourth-order valence-corrected chi connectivity index (χ4v) is 5.23. The van der Waals surface area contributed by atoms with Crippen molar-refractivity contribution in [3.05, 3.63) is 11.3 Å². The largest absolute Gasteiger partial charge is 0.481 e. The Balaban J connectivity index is 1.42. The highest BCUT2D eigenvalue weighted by molar-refractivity contribution is 5.72. The van der Waals surface area contributed by atoms with Crippen LogP contribution in [0.4, 0.5) is 20.5 Å². The second kappa shape index (κ2) is 5.75. The molecule has 0 aromatic carbocycles. The highest BCUT2D eigenvalue weighted by atomic mass is 19.3. The number of aromatic nitrogens is 2. The van der Waals surface area contributed by atoms with Crippen molar-refractivity contribution in [2.75, 3.05) is 36.5 Å². The van der Waals surface area contributed by atoms with Crippen molar-refractivity contribution in [3.63, 3.8) is 0 Å². The summed E-state index contributed by atoms with van der Waals surface area (Å²) in [6.45, 7) is 3.93. The number of carbonyl (C=O) groups is 1. The molecule has 1 aromatic heterocycles. The third-order valence-corrected chi connectivity index (χ3v) is 7.03. The molecule has 2 aliphatic carbocycles. The van der Waals surface area contributed by atoms with E-state index in [0.29, 0.717) is 49.8 Å². The number of ether oxygens (including phenoxy) is 1. The molecule has 2 aliphatic heterocycles. The molecule has 4 aliphatic rings. The molecule has 0 unspecified atom stereocenters. The Bertz CT molecular complexity index is 835. The maximum Gasteiger partial charge on any atom is 0.306 e. The molecule has 0 bridgehead atoms. The van der Waals surface area contributed by atoms with Gasteiger partial charge in [0, 0.05) is 44.1 Å². The maximum atomic E-state index is 14.5. The van der Waals surface area contributed by atoms with Gasteiger partial charge in [-0.1, -0.05) is 0 Å². The van der Waals surface area contributed by atoms with Gasteiger partial charge in [0.15, 0.2) is 0 Å². The summed E-state index contributed by atoms with van der Waals surface area (Å²) in [5.74, 6) is -2.99. The number of halogens is 2. The SMILES string of the molecule is CO[C@@H]1CN(c2nc(N3CC4(CC(C(=O)O)C4)C3)c3c(n2)C(F)(F)CC3)[C@H]1C. The first-order valence-electron chi connectivity index (χ1n) is 9.79. The monoisotopic (exact) mass is 394 g/mol. The predicted molar refractivity (Wildman–Crippen MR) is 96.9 cm³/mol. The van der Waals surface area contributed by atoms with Crippen LogP contribution in [0.5, 0.6) is 0 Å². The van der Waals surface area contributed by atoms with E-state index in [1.165, 1.54) is 0 Å². The van der Waals surface area contributed by atoms with Crippen LogP contribution in [0.2, 0.25) is 0 Å². The van der Waals surface area contributed by atoms with Crippen molar-refractivity contribution in [1.29, 1.82) is 0 Å². The Morgan fingerprint density at radius 1 is 1.29 bits per heavy atom. The van der Waals surface area contributed by atoms with Gasteiger partial charge in [0.2, 0.25) is 5.95 Å². The Morgan fingerprint density at radius 3 is 2.61 bits per heavy atom. The van der Waals surface area contributed by atoms with Gasteiger partial charge >= 0.3 is 5.97 Å². The number of anilines is 2. The number of carboxylic acid groups (broad SMARTS) is 1. The molecule has 2 atom stereocenters. The van der Waals surface area contributed by atoms with Crippen molar-refractivity contribution in [2.45, 2.75) is 50.7 Å². The van der Waals surface area contributed by atoms with Crippen molar-refractivity contribution in [1.82, 2.24) is 9.97 Å². The van der Waals surface area contributed by atoms with Gasteiger partial charge in [-0.2, -0.15) is 13.8 Å². The van der Waals surface area contributed by atoms with Crippen LogP contribution in [0.3, 0.4) is 0 Å². The molecule has 7 nitrogen and oxygen atoms in total. The van der Waals surface area contributed by atoms with E-state index < -0.39 is 11.9 Å². The zero-order chi connectivity index (χ0) is 19.8. The average molecular weight is 394 g/mol. The van der Waals surface area contributed by atoms with Gasteiger partial charge in [-0.25, -0.2) is 4.98 Å². The molecule has 152 valence electrons. The summed E-state index contributed by atoms with van der Waals surface area (Å²) < 4.78 is 34.3. The number of nitrogens with zero attached hydrogens (tertiary/aromatic N) is 4. The first kappa shape index (κ1) is 18.0. The predicted octanol–water partition coefficient (Wildman–Crippen LogP) is 2.04. The highest BCUT2D eigenvalue weighted by Gasteiger charge is 2.56. The quantitative estimate of drug-likeness (QED) is 0.837. The van der Waals surface area contributed by atoms with E-state index in [2.05, 4.69) is 9.97 Å². The van der Waals surface area contributed by atoms with Crippen molar-refractivity contribution in [2.24, 2.45) is 11.3 Å². The number of alkyl halides is 2. The van der Waals surface area contributed by atoms with Gasteiger partial charge in [0.1, 0.15) is 11.5 Å². The minimum Gasteiger partial charge on any atom is -0.481 e. The third kappa shape index (κ3) is 2.44. The lowest BCUT2D eigenvalue weighted by molar-refractivity contribution is -0.151. The van der Waals surface area contributed by atoms with Crippen molar-refractivity contribution >= 4 is 17.7 Å². The van der Waals surface area contributed by atoms with Crippen LogP contribution in [0.25, 0.3) is 0 Å². The van der Waals surface area contributed by atoms with Gasteiger partial charge in [-0.15, -0.1) is 0 Å². The molecular formula is C19H24F2N4O3. The molecule has 0 radical (unpaired) electrons. The molecule has 3 fully saturated rings. The molecule has 5 rings (SSSR count). The minimum atomic E-state index is -2.93. The van der Waals surface area contributed by atoms with Crippen LogP contribution in [0.1, 0.15) is 37.4 Å². The Morgan fingerprint density at radius 2 is 2.00 bits per heavy atom. The molecule has 1 N–H and O–H groups in total.